The molecule has 1 aliphatic heterocycles. The monoisotopic (exact) mass is 415 g/mol. The van der Waals surface area contributed by atoms with Crippen LogP contribution in [0.2, 0.25) is 0 Å². The van der Waals surface area contributed by atoms with Crippen molar-refractivity contribution in [1.29, 1.82) is 0 Å². The smallest absolute Gasteiger partial charge is 0.420 e. The van der Waals surface area contributed by atoms with E-state index in [1.54, 1.807) is 27.7 Å². The topological polar surface area (TPSA) is 112 Å². The molecule has 0 radical (unpaired) electrons. The number of hydrogen-bond donors (Lipinski definition) is 1. The lowest BCUT2D eigenvalue weighted by molar-refractivity contribution is -0.182. The molecule has 0 unspecified atom stereocenters. The van der Waals surface area contributed by atoms with Gasteiger partial charge in [-0.25, -0.2) is 14.5 Å². The predicted molar refractivity (Wildman–Crippen MR) is 102 cm³/mol. The zero-order valence-corrected chi connectivity index (χ0v) is 18.0. The van der Waals surface area contributed by atoms with Gasteiger partial charge < -0.3 is 24.1 Å². The van der Waals surface area contributed by atoms with E-state index < -0.39 is 54.0 Å². The number of ether oxygens (including phenoxy) is 4. The highest BCUT2D eigenvalue weighted by atomic mass is 16.6. The quantitative estimate of drug-likeness (QED) is 0.520. The lowest BCUT2D eigenvalue weighted by Gasteiger charge is -2.41. The molecule has 29 heavy (non-hydrogen) atoms. The minimum Gasteiger partial charge on any atom is -0.466 e. The van der Waals surface area contributed by atoms with Crippen molar-refractivity contribution in [2.24, 2.45) is 5.92 Å². The average Bonchev–Trinajstić information content (AvgIpc) is 2.95. The van der Waals surface area contributed by atoms with Gasteiger partial charge >= 0.3 is 18.2 Å². The van der Waals surface area contributed by atoms with Gasteiger partial charge in [0.05, 0.1) is 30.8 Å². The van der Waals surface area contributed by atoms with Gasteiger partial charge in [0.25, 0.3) is 0 Å². The Balaban J connectivity index is 2.35. The van der Waals surface area contributed by atoms with Gasteiger partial charge in [-0.1, -0.05) is 13.8 Å². The zero-order chi connectivity index (χ0) is 21.9. The Morgan fingerprint density at radius 3 is 2.38 bits per heavy atom. The second-order valence-electron chi connectivity index (χ2n) is 8.39. The molecule has 1 N–H and O–H groups in total. The number of hydrogen-bond acceptors (Lipinski definition) is 8. The summed E-state index contributed by atoms with van der Waals surface area (Å²) in [5, 5.41) is 10.9. The molecule has 166 valence electrons. The highest BCUT2D eigenvalue weighted by molar-refractivity contribution is 5.90. The van der Waals surface area contributed by atoms with E-state index in [-0.39, 0.29) is 19.1 Å². The van der Waals surface area contributed by atoms with E-state index in [9.17, 15) is 19.5 Å². The highest BCUT2D eigenvalue weighted by Crippen LogP contribution is 2.39. The molecule has 0 spiro atoms. The first-order valence-electron chi connectivity index (χ1n) is 10.3. The Morgan fingerprint density at radius 2 is 1.86 bits per heavy atom. The van der Waals surface area contributed by atoms with Crippen molar-refractivity contribution in [3.05, 3.63) is 0 Å². The third kappa shape index (κ3) is 5.19. The maximum absolute atomic E-state index is 12.6. The summed E-state index contributed by atoms with van der Waals surface area (Å²) in [6.07, 6.45) is -3.60. The molecule has 2 rings (SSSR count). The minimum absolute atomic E-state index is 0.0123. The molecular weight excluding hydrogens is 382 g/mol. The van der Waals surface area contributed by atoms with Crippen molar-refractivity contribution in [2.75, 3.05) is 6.61 Å². The molecule has 9 nitrogen and oxygen atoms in total. The third-order valence-corrected chi connectivity index (χ3v) is 5.15. The van der Waals surface area contributed by atoms with E-state index in [2.05, 4.69) is 0 Å². The summed E-state index contributed by atoms with van der Waals surface area (Å²) in [4.78, 5) is 38.5. The molecule has 0 aromatic rings. The van der Waals surface area contributed by atoms with Crippen LogP contribution in [0.5, 0.6) is 0 Å². The Morgan fingerprint density at radius 1 is 1.24 bits per heavy atom. The van der Waals surface area contributed by atoms with E-state index in [1.165, 1.54) is 0 Å². The van der Waals surface area contributed by atoms with E-state index in [0.29, 0.717) is 12.8 Å². The van der Waals surface area contributed by atoms with Gasteiger partial charge in [-0.15, -0.1) is 0 Å². The summed E-state index contributed by atoms with van der Waals surface area (Å²) in [5.74, 6) is -1.55. The van der Waals surface area contributed by atoms with Crippen LogP contribution in [-0.4, -0.2) is 70.8 Å². The number of aliphatic hydroxyl groups excluding tert-OH is 1. The fraction of sp³-hybridized carbons (Fsp3) is 0.850. The summed E-state index contributed by atoms with van der Waals surface area (Å²) in [6.45, 7) is 10.8. The molecular formula is C20H33NO8. The summed E-state index contributed by atoms with van der Waals surface area (Å²) in [7, 11) is 0. The Bertz CT molecular complexity index is 612. The van der Waals surface area contributed by atoms with Crippen molar-refractivity contribution < 1.29 is 38.4 Å². The van der Waals surface area contributed by atoms with Gasteiger partial charge in [0.15, 0.2) is 6.10 Å². The normalized spacial score (nSPS) is 29.4. The first kappa shape index (κ1) is 23.4. The number of carbonyl (C=O) groups is 3. The number of esters is 1. The maximum Gasteiger partial charge on any atom is 0.420 e. The van der Waals surface area contributed by atoms with Gasteiger partial charge in [-0.05, 0) is 47.0 Å². The summed E-state index contributed by atoms with van der Waals surface area (Å²) < 4.78 is 21.9. The molecule has 2 aliphatic rings. The molecule has 1 saturated carbocycles. The molecule has 2 fully saturated rings. The van der Waals surface area contributed by atoms with Gasteiger partial charge in [0, 0.05) is 0 Å². The molecule has 1 heterocycles. The number of amides is 2. The van der Waals surface area contributed by atoms with Crippen molar-refractivity contribution in [1.82, 2.24) is 4.90 Å². The first-order valence-corrected chi connectivity index (χ1v) is 10.3. The predicted octanol–water partition coefficient (Wildman–Crippen LogP) is 2.63. The first-order chi connectivity index (χ1) is 13.5. The van der Waals surface area contributed by atoms with E-state index in [1.807, 2.05) is 13.8 Å². The largest absolute Gasteiger partial charge is 0.466 e. The van der Waals surface area contributed by atoms with Gasteiger partial charge in [-0.3, -0.25) is 4.79 Å². The van der Waals surface area contributed by atoms with Gasteiger partial charge in [-0.2, -0.15) is 0 Å². The Labute approximate surface area is 171 Å². The number of nitrogens with zero attached hydrogens (tertiary/aromatic N) is 1. The SMILES string of the molecule is CCOC(=O)[C@@H]1C[C@H]2[C@H](OC(=O)N2C(=O)OC(C)(C)C)[C@H](OC(CC)CC)[C@@H]1O. The lowest BCUT2D eigenvalue weighted by atomic mass is 9.79. The van der Waals surface area contributed by atoms with Crippen LogP contribution in [-0.2, 0) is 23.7 Å². The molecule has 0 bridgehead atoms. The van der Waals surface area contributed by atoms with Crippen molar-refractivity contribution in [3.8, 4) is 0 Å². The van der Waals surface area contributed by atoms with Crippen molar-refractivity contribution >= 4 is 18.2 Å². The number of rotatable bonds is 6. The van der Waals surface area contributed by atoms with Gasteiger partial charge in [0.2, 0.25) is 0 Å². The zero-order valence-electron chi connectivity index (χ0n) is 18.0. The highest BCUT2D eigenvalue weighted by Gasteiger charge is 2.59. The van der Waals surface area contributed by atoms with Crippen LogP contribution in [0.4, 0.5) is 9.59 Å². The van der Waals surface area contributed by atoms with Crippen LogP contribution in [0, 0.1) is 5.92 Å². The molecule has 1 aliphatic carbocycles. The van der Waals surface area contributed by atoms with Crippen LogP contribution in [0.25, 0.3) is 0 Å². The van der Waals surface area contributed by atoms with E-state index >= 15 is 0 Å². The molecule has 1 saturated heterocycles. The number of fused-ring (bicyclic) bond motifs is 1. The standard InChI is InChI=1S/C20H33NO8/c1-7-11(8-2)27-16-14(22)12(17(23)26-9-3)10-13-15(16)28-18(24)21(13)19(25)29-20(4,5)6/h11-16,22H,7-10H2,1-6H3/t12-,13+,14-,15+,16-/m1/s1. The van der Waals surface area contributed by atoms with Crippen LogP contribution in [0.3, 0.4) is 0 Å². The Hall–Kier alpha value is -1.87. The maximum atomic E-state index is 12.6. The summed E-state index contributed by atoms with van der Waals surface area (Å²) >= 11 is 0. The number of aliphatic hydroxyl groups is 1. The van der Waals surface area contributed by atoms with E-state index in [4.69, 9.17) is 18.9 Å². The van der Waals surface area contributed by atoms with Crippen LogP contribution >= 0.6 is 0 Å². The number of carbonyl (C=O) groups excluding carboxylic acids is 3. The Kier molecular flexibility index (Phi) is 7.50. The van der Waals surface area contributed by atoms with Crippen molar-refractivity contribution in [3.63, 3.8) is 0 Å². The minimum atomic E-state index is -1.22. The number of imide groups is 1. The van der Waals surface area contributed by atoms with Gasteiger partial charge in [0.1, 0.15) is 11.7 Å². The average molecular weight is 415 g/mol. The molecule has 0 aromatic heterocycles. The fourth-order valence-electron chi connectivity index (χ4n) is 3.75. The second-order valence-corrected chi connectivity index (χ2v) is 8.39. The summed E-state index contributed by atoms with van der Waals surface area (Å²) in [5.41, 5.74) is -0.810. The summed E-state index contributed by atoms with van der Waals surface area (Å²) in [6, 6.07) is -0.797. The fourth-order valence-corrected chi connectivity index (χ4v) is 3.75. The molecule has 2 amide bonds. The molecule has 9 heteroatoms. The van der Waals surface area contributed by atoms with E-state index in [0.717, 1.165) is 4.90 Å². The molecule has 5 atom stereocenters. The van der Waals surface area contributed by atoms with Crippen LogP contribution in [0.1, 0.15) is 60.8 Å². The third-order valence-electron chi connectivity index (χ3n) is 5.15. The van der Waals surface area contributed by atoms with Crippen LogP contribution in [0.15, 0.2) is 0 Å². The van der Waals surface area contributed by atoms with Crippen molar-refractivity contribution in [2.45, 2.75) is 96.9 Å². The van der Waals surface area contributed by atoms with Crippen LogP contribution < -0.4 is 0 Å². The second kappa shape index (κ2) is 9.30. The lowest BCUT2D eigenvalue weighted by Crippen LogP contribution is -2.59. The molecule has 0 aromatic carbocycles.